The van der Waals surface area contributed by atoms with Crippen LogP contribution in [0.3, 0.4) is 0 Å². The lowest BCUT2D eigenvalue weighted by Gasteiger charge is -2.16. The van der Waals surface area contributed by atoms with E-state index in [1.807, 2.05) is 19.2 Å². The fourth-order valence-corrected chi connectivity index (χ4v) is 2.16. The number of urea groups is 1. The average Bonchev–Trinajstić information content (AvgIpc) is 2.80. The summed E-state index contributed by atoms with van der Waals surface area (Å²) in [7, 11) is 0. The second-order valence-electron chi connectivity index (χ2n) is 4.65. The van der Waals surface area contributed by atoms with Crippen molar-refractivity contribution in [3.8, 4) is 0 Å². The lowest BCUT2D eigenvalue weighted by atomic mass is 10.0. The van der Waals surface area contributed by atoms with Crippen LogP contribution in [0, 0.1) is 5.92 Å². The van der Waals surface area contributed by atoms with Gasteiger partial charge in [0.2, 0.25) is 0 Å². The van der Waals surface area contributed by atoms with Crippen molar-refractivity contribution < 1.29 is 14.7 Å². The molecule has 1 aromatic rings. The Bertz CT molecular complexity index is 406. The van der Waals surface area contributed by atoms with E-state index in [0.29, 0.717) is 19.4 Å². The third-order valence-electron chi connectivity index (χ3n) is 2.46. The summed E-state index contributed by atoms with van der Waals surface area (Å²) in [6.45, 7) is 4.26. The van der Waals surface area contributed by atoms with Crippen LogP contribution in [-0.4, -0.2) is 34.7 Å². The first-order chi connectivity index (χ1) is 8.99. The zero-order chi connectivity index (χ0) is 14.3. The quantitative estimate of drug-likeness (QED) is 0.707. The minimum absolute atomic E-state index is 0.205. The molecule has 0 fully saturated rings. The zero-order valence-electron chi connectivity index (χ0n) is 11.0. The minimum Gasteiger partial charge on any atom is -0.480 e. The first-order valence-corrected chi connectivity index (χ1v) is 7.07. The number of aromatic nitrogens is 1. The lowest BCUT2D eigenvalue weighted by Crippen LogP contribution is -2.47. The molecule has 2 amide bonds. The number of aliphatic carboxylic acids is 1. The Morgan fingerprint density at radius 2 is 2.21 bits per heavy atom. The van der Waals surface area contributed by atoms with Crippen LogP contribution >= 0.6 is 11.3 Å². The molecular formula is C12H19N3O3S. The largest absolute Gasteiger partial charge is 0.480 e. The Kier molecular flexibility index (Phi) is 6.27. The van der Waals surface area contributed by atoms with Crippen LogP contribution in [0.25, 0.3) is 0 Å². The van der Waals surface area contributed by atoms with E-state index in [2.05, 4.69) is 15.6 Å². The molecular weight excluding hydrogens is 266 g/mol. The summed E-state index contributed by atoms with van der Waals surface area (Å²) in [6, 6.07) is -1.30. The number of hydrogen-bond donors (Lipinski definition) is 3. The molecule has 0 saturated carbocycles. The number of carboxylic acids is 1. The van der Waals surface area contributed by atoms with E-state index in [4.69, 9.17) is 5.11 Å². The fraction of sp³-hybridized carbons (Fsp3) is 0.583. The highest BCUT2D eigenvalue weighted by atomic mass is 32.1. The van der Waals surface area contributed by atoms with Crippen molar-refractivity contribution in [3.63, 3.8) is 0 Å². The van der Waals surface area contributed by atoms with Crippen molar-refractivity contribution in [2.45, 2.75) is 32.7 Å². The predicted octanol–water partition coefficient (Wildman–Crippen LogP) is 1.48. The van der Waals surface area contributed by atoms with Gasteiger partial charge in [-0.1, -0.05) is 13.8 Å². The van der Waals surface area contributed by atoms with Crippen molar-refractivity contribution in [1.82, 2.24) is 15.6 Å². The number of nitrogens with one attached hydrogen (secondary N) is 2. The van der Waals surface area contributed by atoms with Gasteiger partial charge in [0, 0.05) is 18.3 Å². The summed E-state index contributed by atoms with van der Waals surface area (Å²) < 4.78 is 0. The molecule has 0 aliphatic heterocycles. The van der Waals surface area contributed by atoms with Crippen LogP contribution in [0.4, 0.5) is 4.79 Å². The molecule has 0 saturated heterocycles. The van der Waals surface area contributed by atoms with Crippen LogP contribution in [0.15, 0.2) is 10.9 Å². The molecule has 1 atom stereocenters. The van der Waals surface area contributed by atoms with Crippen LogP contribution in [0.5, 0.6) is 0 Å². The number of carbonyl (C=O) groups is 2. The molecule has 0 radical (unpaired) electrons. The van der Waals surface area contributed by atoms with Crippen molar-refractivity contribution in [2.24, 2.45) is 5.92 Å². The number of nitrogens with zero attached hydrogens (tertiary/aromatic N) is 1. The van der Waals surface area contributed by atoms with Crippen molar-refractivity contribution in [2.75, 3.05) is 6.54 Å². The van der Waals surface area contributed by atoms with Gasteiger partial charge >= 0.3 is 12.0 Å². The summed E-state index contributed by atoms with van der Waals surface area (Å²) in [5.74, 6) is -0.806. The Morgan fingerprint density at radius 1 is 1.47 bits per heavy atom. The lowest BCUT2D eigenvalue weighted by molar-refractivity contribution is -0.139. The molecule has 6 nitrogen and oxygen atoms in total. The van der Waals surface area contributed by atoms with Gasteiger partial charge in [0.05, 0.1) is 11.2 Å². The van der Waals surface area contributed by atoms with Gasteiger partial charge in [-0.05, 0) is 12.3 Å². The molecule has 7 heteroatoms. The molecule has 0 aromatic carbocycles. The molecule has 0 bridgehead atoms. The van der Waals surface area contributed by atoms with Gasteiger partial charge in [0.15, 0.2) is 0 Å². The Balaban J connectivity index is 2.30. The molecule has 3 N–H and O–H groups in total. The summed E-state index contributed by atoms with van der Waals surface area (Å²) >= 11 is 1.50. The van der Waals surface area contributed by atoms with Crippen LogP contribution < -0.4 is 10.6 Å². The van der Waals surface area contributed by atoms with Gasteiger partial charge in [-0.3, -0.25) is 0 Å². The van der Waals surface area contributed by atoms with Gasteiger partial charge in [-0.25, -0.2) is 14.6 Å². The topological polar surface area (TPSA) is 91.3 Å². The zero-order valence-corrected chi connectivity index (χ0v) is 11.9. The molecule has 1 heterocycles. The van der Waals surface area contributed by atoms with E-state index in [-0.39, 0.29) is 5.92 Å². The second kappa shape index (κ2) is 7.73. The number of amides is 2. The standard InChI is InChI=1S/C12H19N3O3S/c1-8(2)5-10(11(16)17)15-12(18)13-4-3-9-6-19-7-14-9/h6-8,10H,3-5H2,1-2H3,(H,16,17)(H2,13,15,18)/t10-/m0/s1. The number of carboxylic acid groups (broad SMARTS) is 1. The highest BCUT2D eigenvalue weighted by Crippen LogP contribution is 2.05. The first-order valence-electron chi connectivity index (χ1n) is 6.13. The molecule has 0 spiro atoms. The van der Waals surface area contributed by atoms with Gasteiger partial charge in [-0.2, -0.15) is 0 Å². The van der Waals surface area contributed by atoms with Crippen LogP contribution in [0.2, 0.25) is 0 Å². The van der Waals surface area contributed by atoms with E-state index < -0.39 is 18.0 Å². The highest BCUT2D eigenvalue weighted by Gasteiger charge is 2.20. The number of carbonyl (C=O) groups excluding carboxylic acids is 1. The van der Waals surface area contributed by atoms with Crippen molar-refractivity contribution >= 4 is 23.3 Å². The Hall–Kier alpha value is -1.63. The van der Waals surface area contributed by atoms with Gasteiger partial charge in [0.25, 0.3) is 0 Å². The maximum atomic E-state index is 11.6. The van der Waals surface area contributed by atoms with E-state index in [1.165, 1.54) is 11.3 Å². The number of rotatable bonds is 7. The van der Waals surface area contributed by atoms with Crippen molar-refractivity contribution in [1.29, 1.82) is 0 Å². The summed E-state index contributed by atoms with van der Waals surface area (Å²) in [5.41, 5.74) is 2.65. The monoisotopic (exact) mass is 285 g/mol. The van der Waals surface area contributed by atoms with Gasteiger partial charge < -0.3 is 15.7 Å². The number of thiazole rings is 1. The van der Waals surface area contributed by atoms with E-state index in [1.54, 1.807) is 5.51 Å². The van der Waals surface area contributed by atoms with Crippen LogP contribution in [-0.2, 0) is 11.2 Å². The maximum Gasteiger partial charge on any atom is 0.326 e. The highest BCUT2D eigenvalue weighted by molar-refractivity contribution is 7.07. The smallest absolute Gasteiger partial charge is 0.326 e. The van der Waals surface area contributed by atoms with Gasteiger partial charge in [-0.15, -0.1) is 11.3 Å². The fourth-order valence-electron chi connectivity index (χ4n) is 1.57. The molecule has 1 aromatic heterocycles. The summed E-state index contributed by atoms with van der Waals surface area (Å²) in [5, 5.41) is 16.0. The molecule has 0 aliphatic rings. The maximum absolute atomic E-state index is 11.6. The second-order valence-corrected chi connectivity index (χ2v) is 5.37. The number of hydrogen-bond acceptors (Lipinski definition) is 4. The minimum atomic E-state index is -1.01. The summed E-state index contributed by atoms with van der Waals surface area (Å²) in [4.78, 5) is 26.6. The van der Waals surface area contributed by atoms with E-state index in [9.17, 15) is 9.59 Å². The van der Waals surface area contributed by atoms with Crippen molar-refractivity contribution in [3.05, 3.63) is 16.6 Å². The van der Waals surface area contributed by atoms with E-state index >= 15 is 0 Å². The molecule has 19 heavy (non-hydrogen) atoms. The van der Waals surface area contributed by atoms with E-state index in [0.717, 1.165) is 5.69 Å². The average molecular weight is 285 g/mol. The van der Waals surface area contributed by atoms with Gasteiger partial charge in [0.1, 0.15) is 6.04 Å². The predicted molar refractivity (Wildman–Crippen MR) is 73.2 cm³/mol. The van der Waals surface area contributed by atoms with Crippen LogP contribution in [0.1, 0.15) is 26.0 Å². The third kappa shape index (κ3) is 6.19. The molecule has 106 valence electrons. The SMILES string of the molecule is CC(C)C[C@H](NC(=O)NCCc1cscn1)C(=O)O. The molecule has 1 rings (SSSR count). The third-order valence-corrected chi connectivity index (χ3v) is 3.10. The normalized spacial score (nSPS) is 12.2. The Labute approximate surface area is 116 Å². The first kappa shape index (κ1) is 15.4. The Morgan fingerprint density at radius 3 is 2.74 bits per heavy atom. The summed E-state index contributed by atoms with van der Waals surface area (Å²) in [6.07, 6.45) is 1.05. The molecule has 0 aliphatic carbocycles. The molecule has 0 unspecified atom stereocenters.